The van der Waals surface area contributed by atoms with Gasteiger partial charge in [-0.3, -0.25) is 9.59 Å². The fourth-order valence-corrected chi connectivity index (χ4v) is 5.57. The van der Waals surface area contributed by atoms with Crippen LogP contribution in [0.3, 0.4) is 0 Å². The molecule has 0 aromatic heterocycles. The molecule has 4 aliphatic carbocycles. The first kappa shape index (κ1) is 17.5. The van der Waals surface area contributed by atoms with Gasteiger partial charge in [0.15, 0.2) is 6.10 Å². The number of rotatable bonds is 4. The largest absolute Gasteiger partial charge is 0.452 e. The third-order valence-electron chi connectivity index (χ3n) is 6.23. The van der Waals surface area contributed by atoms with Crippen molar-refractivity contribution >= 4 is 17.6 Å². The van der Waals surface area contributed by atoms with Crippen molar-refractivity contribution in [3.8, 4) is 0 Å². The number of carbonyl (C=O) groups excluding carboxylic acids is 2. The molecule has 4 aliphatic rings. The molecular weight excluding hydrogens is 337 g/mol. The first-order valence-electron chi connectivity index (χ1n) is 9.27. The van der Waals surface area contributed by atoms with E-state index in [1.54, 1.807) is 0 Å². The molecule has 140 valence electrons. The molecule has 6 heteroatoms. The highest BCUT2D eigenvalue weighted by atomic mass is 19.1. The van der Waals surface area contributed by atoms with Gasteiger partial charge in [0.1, 0.15) is 5.82 Å². The van der Waals surface area contributed by atoms with Crippen LogP contribution in [0.1, 0.15) is 45.4 Å². The summed E-state index contributed by atoms with van der Waals surface area (Å²) >= 11 is 0. The molecule has 4 saturated carbocycles. The summed E-state index contributed by atoms with van der Waals surface area (Å²) in [6, 6.07) is 5.41. The number of anilines is 1. The van der Waals surface area contributed by atoms with Crippen LogP contribution in [0.5, 0.6) is 0 Å². The standard InChI is InChI=1S/C20H24FNO4/c1-12(17(23)22-16-4-2-15(21)3-5-16)26-18(24)19-7-13-6-14(8-19)10-20(25,9-13)11-19/h2-5,12-14,25H,6-11H2,1H3,(H,22,23)/t12-,13-,14+,19?,20?/m1/s1. The average molecular weight is 361 g/mol. The first-order valence-corrected chi connectivity index (χ1v) is 9.27. The molecule has 4 fully saturated rings. The third kappa shape index (κ3) is 3.11. The Kier molecular flexibility index (Phi) is 4.06. The summed E-state index contributed by atoms with van der Waals surface area (Å²) in [6.45, 7) is 1.53. The van der Waals surface area contributed by atoms with Crippen LogP contribution in [-0.2, 0) is 14.3 Å². The van der Waals surface area contributed by atoms with E-state index in [2.05, 4.69) is 5.32 Å². The molecule has 0 spiro atoms. The Hall–Kier alpha value is -1.95. The predicted molar refractivity (Wildman–Crippen MR) is 92.6 cm³/mol. The molecule has 1 aromatic rings. The van der Waals surface area contributed by atoms with Crippen molar-refractivity contribution in [2.45, 2.75) is 57.2 Å². The van der Waals surface area contributed by atoms with E-state index < -0.39 is 23.0 Å². The maximum absolute atomic E-state index is 12.9. The molecule has 5 atom stereocenters. The minimum Gasteiger partial charge on any atom is -0.452 e. The highest BCUT2D eigenvalue weighted by Gasteiger charge is 2.61. The van der Waals surface area contributed by atoms with E-state index in [9.17, 15) is 19.1 Å². The smallest absolute Gasteiger partial charge is 0.312 e. The van der Waals surface area contributed by atoms with Gasteiger partial charge in [-0.25, -0.2) is 4.39 Å². The molecule has 5 nitrogen and oxygen atoms in total. The molecule has 1 aromatic carbocycles. The Balaban J connectivity index is 1.41. The van der Waals surface area contributed by atoms with Gasteiger partial charge in [0.25, 0.3) is 5.91 Å². The summed E-state index contributed by atoms with van der Waals surface area (Å²) in [5.74, 6) is -0.461. The number of carbonyl (C=O) groups is 2. The lowest BCUT2D eigenvalue weighted by Gasteiger charge is -2.58. The van der Waals surface area contributed by atoms with Crippen LogP contribution < -0.4 is 5.32 Å². The van der Waals surface area contributed by atoms with Gasteiger partial charge >= 0.3 is 5.97 Å². The molecule has 1 amide bonds. The second kappa shape index (κ2) is 6.05. The third-order valence-corrected chi connectivity index (χ3v) is 6.23. The predicted octanol–water partition coefficient (Wildman–Crippen LogP) is 3.03. The summed E-state index contributed by atoms with van der Waals surface area (Å²) < 4.78 is 18.4. The Morgan fingerprint density at radius 3 is 2.38 bits per heavy atom. The molecular formula is C20H24FNO4. The Labute approximate surface area is 151 Å². The van der Waals surface area contributed by atoms with Crippen LogP contribution in [0, 0.1) is 23.1 Å². The number of benzene rings is 1. The highest BCUT2D eigenvalue weighted by Crippen LogP contribution is 2.62. The summed E-state index contributed by atoms with van der Waals surface area (Å²) in [4.78, 5) is 25.2. The number of hydrogen-bond donors (Lipinski definition) is 2. The number of esters is 1. The quantitative estimate of drug-likeness (QED) is 0.809. The van der Waals surface area contributed by atoms with Crippen LogP contribution >= 0.6 is 0 Å². The second-order valence-corrected chi connectivity index (χ2v) is 8.51. The highest BCUT2D eigenvalue weighted by molar-refractivity contribution is 5.95. The second-order valence-electron chi connectivity index (χ2n) is 8.51. The monoisotopic (exact) mass is 361 g/mol. The number of aliphatic hydroxyl groups is 1. The Morgan fingerprint density at radius 1 is 1.19 bits per heavy atom. The van der Waals surface area contributed by atoms with Crippen LogP contribution in [0.4, 0.5) is 10.1 Å². The number of amides is 1. The zero-order valence-electron chi connectivity index (χ0n) is 14.8. The van der Waals surface area contributed by atoms with Crippen LogP contribution in [0.25, 0.3) is 0 Å². The van der Waals surface area contributed by atoms with Crippen molar-refractivity contribution in [1.82, 2.24) is 0 Å². The van der Waals surface area contributed by atoms with Crippen molar-refractivity contribution in [3.63, 3.8) is 0 Å². The van der Waals surface area contributed by atoms with E-state index >= 15 is 0 Å². The summed E-state index contributed by atoms with van der Waals surface area (Å²) in [7, 11) is 0. The zero-order valence-corrected chi connectivity index (χ0v) is 14.8. The number of halogens is 1. The van der Waals surface area contributed by atoms with Gasteiger partial charge in [0.2, 0.25) is 0 Å². The van der Waals surface area contributed by atoms with E-state index in [-0.39, 0.29) is 11.8 Å². The van der Waals surface area contributed by atoms with E-state index in [0.717, 1.165) is 32.1 Å². The van der Waals surface area contributed by atoms with Crippen molar-refractivity contribution < 1.29 is 23.8 Å². The van der Waals surface area contributed by atoms with Gasteiger partial charge in [-0.15, -0.1) is 0 Å². The van der Waals surface area contributed by atoms with E-state index in [1.807, 2.05) is 0 Å². The SMILES string of the molecule is C[C@@H](OC(=O)C12C[C@@H]3C[C@@H](CC(O)(C3)C1)C2)C(=O)Nc1ccc(F)cc1. The summed E-state index contributed by atoms with van der Waals surface area (Å²) in [6.07, 6.45) is 3.62. The normalized spacial score (nSPS) is 35.8. The fourth-order valence-electron chi connectivity index (χ4n) is 5.57. The molecule has 0 saturated heterocycles. The maximum Gasteiger partial charge on any atom is 0.312 e. The minimum absolute atomic E-state index is 0.369. The summed E-state index contributed by atoms with van der Waals surface area (Å²) in [5.41, 5.74) is -0.949. The zero-order chi connectivity index (χ0) is 18.5. The number of hydrogen-bond acceptors (Lipinski definition) is 4. The Morgan fingerprint density at radius 2 is 1.81 bits per heavy atom. The van der Waals surface area contributed by atoms with Gasteiger partial charge in [-0.2, -0.15) is 0 Å². The van der Waals surface area contributed by atoms with Crippen LogP contribution in [0.15, 0.2) is 24.3 Å². The molecule has 0 heterocycles. The summed E-state index contributed by atoms with van der Waals surface area (Å²) in [5, 5.41) is 13.4. The average Bonchev–Trinajstić information content (AvgIpc) is 2.54. The first-order chi connectivity index (χ1) is 12.3. The lowest BCUT2D eigenvalue weighted by atomic mass is 9.48. The van der Waals surface area contributed by atoms with Crippen LogP contribution in [0.2, 0.25) is 0 Å². The van der Waals surface area contributed by atoms with E-state index in [0.29, 0.717) is 23.9 Å². The van der Waals surface area contributed by atoms with Crippen molar-refractivity contribution in [1.29, 1.82) is 0 Å². The van der Waals surface area contributed by atoms with Crippen molar-refractivity contribution in [2.75, 3.05) is 5.32 Å². The molecule has 2 N–H and O–H groups in total. The lowest BCUT2D eigenvalue weighted by molar-refractivity contribution is -0.199. The molecule has 0 radical (unpaired) electrons. The molecule has 5 rings (SSSR count). The molecule has 2 unspecified atom stereocenters. The van der Waals surface area contributed by atoms with Gasteiger partial charge < -0.3 is 15.2 Å². The van der Waals surface area contributed by atoms with E-state index in [4.69, 9.17) is 4.74 Å². The number of nitrogens with one attached hydrogen (secondary N) is 1. The topological polar surface area (TPSA) is 75.6 Å². The van der Waals surface area contributed by atoms with Crippen molar-refractivity contribution in [3.05, 3.63) is 30.1 Å². The lowest BCUT2D eigenvalue weighted by Crippen LogP contribution is -2.59. The Bertz CT molecular complexity index is 718. The van der Waals surface area contributed by atoms with Crippen LogP contribution in [-0.4, -0.2) is 28.7 Å². The maximum atomic E-state index is 12.9. The van der Waals surface area contributed by atoms with Gasteiger partial charge in [0.05, 0.1) is 11.0 Å². The fraction of sp³-hybridized carbons (Fsp3) is 0.600. The van der Waals surface area contributed by atoms with Gasteiger partial charge in [-0.05, 0) is 81.5 Å². The molecule has 0 aliphatic heterocycles. The van der Waals surface area contributed by atoms with Gasteiger partial charge in [0, 0.05) is 5.69 Å². The van der Waals surface area contributed by atoms with E-state index in [1.165, 1.54) is 31.2 Å². The van der Waals surface area contributed by atoms with Crippen molar-refractivity contribution in [2.24, 2.45) is 17.3 Å². The minimum atomic E-state index is -0.949. The molecule has 26 heavy (non-hydrogen) atoms. The van der Waals surface area contributed by atoms with Gasteiger partial charge in [-0.1, -0.05) is 0 Å². The molecule has 4 bridgehead atoms. The number of ether oxygens (including phenoxy) is 1.